The summed E-state index contributed by atoms with van der Waals surface area (Å²) in [7, 11) is 0. The Kier molecular flexibility index (Phi) is 7.11. The lowest BCUT2D eigenvalue weighted by molar-refractivity contribution is 0.721. The number of allylic oxidation sites excluding steroid dienone is 2. The maximum absolute atomic E-state index is 4.30. The van der Waals surface area contributed by atoms with Gasteiger partial charge in [-0.05, 0) is 25.8 Å². The first-order chi connectivity index (χ1) is 5.31. The Morgan fingerprint density at radius 1 is 1.36 bits per heavy atom. The smallest absolute Gasteiger partial charge is 0.0468 e. The second-order valence-electron chi connectivity index (χ2n) is 2.77. The van der Waals surface area contributed by atoms with Gasteiger partial charge in [0.2, 0.25) is 0 Å². The maximum atomic E-state index is 4.30. The average molecular weight is 153 g/mol. The van der Waals surface area contributed by atoms with Crippen LogP contribution in [0.2, 0.25) is 0 Å². The lowest BCUT2D eigenvalue weighted by atomic mass is 10.3. The molecule has 1 heteroatoms. The van der Waals surface area contributed by atoms with Crippen LogP contribution >= 0.6 is 0 Å². The molecule has 0 saturated carbocycles. The Balaban J connectivity index is 3.42. The van der Waals surface area contributed by atoms with E-state index in [9.17, 15) is 0 Å². The van der Waals surface area contributed by atoms with Crippen LogP contribution in [-0.2, 0) is 0 Å². The summed E-state index contributed by atoms with van der Waals surface area (Å²) in [5, 5.41) is 0. The fourth-order valence-electron chi connectivity index (χ4n) is 0.626. The van der Waals surface area contributed by atoms with Crippen LogP contribution in [0.25, 0.3) is 0 Å². The number of hydrogen-bond donors (Lipinski definition) is 0. The van der Waals surface area contributed by atoms with Gasteiger partial charge in [-0.25, -0.2) is 0 Å². The molecule has 0 amide bonds. The van der Waals surface area contributed by atoms with Crippen LogP contribution in [0, 0.1) is 0 Å². The van der Waals surface area contributed by atoms with Crippen molar-refractivity contribution < 1.29 is 0 Å². The van der Waals surface area contributed by atoms with Crippen LogP contribution in [0.5, 0.6) is 0 Å². The monoisotopic (exact) mass is 153 g/mol. The molecule has 0 fully saturated rings. The Morgan fingerprint density at radius 2 is 2.09 bits per heavy atom. The minimum absolute atomic E-state index is 0.473. The molecule has 0 rings (SSSR count). The van der Waals surface area contributed by atoms with E-state index in [1.54, 1.807) is 0 Å². The summed E-state index contributed by atoms with van der Waals surface area (Å²) in [4.78, 5) is 4.30. The second-order valence-corrected chi connectivity index (χ2v) is 2.77. The third-order valence-corrected chi connectivity index (χ3v) is 1.61. The molecule has 11 heavy (non-hydrogen) atoms. The van der Waals surface area contributed by atoms with Gasteiger partial charge in [-0.3, -0.25) is 4.99 Å². The average Bonchev–Trinajstić information content (AvgIpc) is 2.04. The molecule has 1 atom stereocenters. The normalized spacial score (nSPS) is 14.8. The van der Waals surface area contributed by atoms with Gasteiger partial charge in [0.15, 0.2) is 0 Å². The molecule has 0 radical (unpaired) electrons. The summed E-state index contributed by atoms with van der Waals surface area (Å²) in [6.07, 6.45) is 9.60. The molecule has 0 aromatic carbocycles. The molecule has 0 bridgehead atoms. The molecule has 0 aromatic rings. The van der Waals surface area contributed by atoms with Crippen LogP contribution in [0.1, 0.15) is 40.0 Å². The molecule has 1 nitrogen and oxygen atoms in total. The van der Waals surface area contributed by atoms with Crippen molar-refractivity contribution >= 4 is 6.21 Å². The predicted octanol–water partition coefficient (Wildman–Crippen LogP) is 3.21. The van der Waals surface area contributed by atoms with Crippen molar-refractivity contribution in [2.75, 3.05) is 0 Å². The maximum Gasteiger partial charge on any atom is 0.0468 e. The van der Waals surface area contributed by atoms with Gasteiger partial charge in [0.1, 0.15) is 0 Å². The van der Waals surface area contributed by atoms with E-state index < -0.39 is 0 Å². The van der Waals surface area contributed by atoms with E-state index in [0.717, 1.165) is 12.8 Å². The zero-order valence-electron chi connectivity index (χ0n) is 7.88. The highest BCUT2D eigenvalue weighted by Crippen LogP contribution is 1.93. The first-order valence-corrected chi connectivity index (χ1v) is 4.49. The predicted molar refractivity (Wildman–Crippen MR) is 52.3 cm³/mol. The molecule has 0 aliphatic rings. The van der Waals surface area contributed by atoms with Gasteiger partial charge < -0.3 is 0 Å². The fourth-order valence-corrected chi connectivity index (χ4v) is 0.626. The number of unbranched alkanes of at least 4 members (excludes halogenated alkanes) is 1. The van der Waals surface area contributed by atoms with Gasteiger partial charge in [0, 0.05) is 12.3 Å². The van der Waals surface area contributed by atoms with Gasteiger partial charge in [-0.2, -0.15) is 0 Å². The largest absolute Gasteiger partial charge is 0.290 e. The molecule has 0 spiro atoms. The minimum atomic E-state index is 0.473. The van der Waals surface area contributed by atoms with Gasteiger partial charge >= 0.3 is 0 Å². The lowest BCUT2D eigenvalue weighted by Crippen LogP contribution is -1.93. The van der Waals surface area contributed by atoms with Crippen LogP contribution in [0.3, 0.4) is 0 Å². The summed E-state index contributed by atoms with van der Waals surface area (Å²) in [5.41, 5.74) is 0. The van der Waals surface area contributed by atoms with Crippen LogP contribution in [-0.4, -0.2) is 12.3 Å². The van der Waals surface area contributed by atoms with E-state index in [1.165, 1.54) is 6.42 Å². The van der Waals surface area contributed by atoms with Crippen LogP contribution < -0.4 is 0 Å². The highest BCUT2D eigenvalue weighted by Gasteiger charge is 1.87. The van der Waals surface area contributed by atoms with E-state index in [-0.39, 0.29) is 0 Å². The summed E-state index contributed by atoms with van der Waals surface area (Å²) in [6, 6.07) is 0.473. The summed E-state index contributed by atoms with van der Waals surface area (Å²) < 4.78 is 0. The van der Waals surface area contributed by atoms with E-state index in [0.29, 0.717) is 6.04 Å². The van der Waals surface area contributed by atoms with E-state index in [4.69, 9.17) is 0 Å². The highest BCUT2D eigenvalue weighted by atomic mass is 14.7. The molecule has 0 aromatic heterocycles. The quantitative estimate of drug-likeness (QED) is 0.538. The van der Waals surface area contributed by atoms with Crippen molar-refractivity contribution in [1.29, 1.82) is 0 Å². The number of hydrogen-bond acceptors (Lipinski definition) is 1. The third kappa shape index (κ3) is 7.31. The Hall–Kier alpha value is -0.590. The van der Waals surface area contributed by atoms with Crippen molar-refractivity contribution in [2.24, 2.45) is 4.99 Å². The minimum Gasteiger partial charge on any atom is -0.290 e. The molecule has 0 aliphatic carbocycles. The Labute approximate surface area is 70.2 Å². The zero-order valence-corrected chi connectivity index (χ0v) is 7.88. The number of aliphatic imine (C=N–C) groups is 1. The van der Waals surface area contributed by atoms with Gasteiger partial charge in [0.05, 0.1) is 0 Å². The molecule has 0 heterocycles. The van der Waals surface area contributed by atoms with Crippen LogP contribution in [0.4, 0.5) is 0 Å². The second kappa shape index (κ2) is 7.52. The first kappa shape index (κ1) is 10.4. The van der Waals surface area contributed by atoms with Crippen molar-refractivity contribution in [2.45, 2.75) is 46.1 Å². The molecule has 64 valence electrons. The molecule has 1 unspecified atom stereocenters. The Morgan fingerprint density at radius 3 is 2.64 bits per heavy atom. The molecule has 0 N–H and O–H groups in total. The fraction of sp³-hybridized carbons (Fsp3) is 0.700. The molecule has 0 saturated heterocycles. The third-order valence-electron chi connectivity index (χ3n) is 1.61. The molecular weight excluding hydrogens is 134 g/mol. The van der Waals surface area contributed by atoms with Gasteiger partial charge in [-0.1, -0.05) is 26.3 Å². The van der Waals surface area contributed by atoms with E-state index in [1.807, 2.05) is 12.3 Å². The van der Waals surface area contributed by atoms with Crippen molar-refractivity contribution in [3.8, 4) is 0 Å². The van der Waals surface area contributed by atoms with E-state index in [2.05, 4.69) is 31.8 Å². The van der Waals surface area contributed by atoms with Gasteiger partial charge in [-0.15, -0.1) is 0 Å². The topological polar surface area (TPSA) is 12.4 Å². The summed E-state index contributed by atoms with van der Waals surface area (Å²) in [5.74, 6) is 0. The zero-order chi connectivity index (χ0) is 8.53. The SMILES string of the molecule is CCCC=CC=NC(C)CC. The van der Waals surface area contributed by atoms with Gasteiger partial charge in [0.25, 0.3) is 0 Å². The lowest BCUT2D eigenvalue weighted by Gasteiger charge is -1.96. The summed E-state index contributed by atoms with van der Waals surface area (Å²) >= 11 is 0. The molecular formula is C10H19N. The standard InChI is InChI=1S/C10H19N/c1-4-6-7-8-9-11-10(3)5-2/h7-10H,4-6H2,1-3H3. The first-order valence-electron chi connectivity index (χ1n) is 4.49. The van der Waals surface area contributed by atoms with E-state index >= 15 is 0 Å². The van der Waals surface area contributed by atoms with Crippen molar-refractivity contribution in [3.05, 3.63) is 12.2 Å². The van der Waals surface area contributed by atoms with Crippen molar-refractivity contribution in [1.82, 2.24) is 0 Å². The number of rotatable bonds is 5. The number of nitrogens with zero attached hydrogens (tertiary/aromatic N) is 1. The van der Waals surface area contributed by atoms with Crippen molar-refractivity contribution in [3.63, 3.8) is 0 Å². The summed E-state index contributed by atoms with van der Waals surface area (Å²) in [6.45, 7) is 6.46. The Bertz CT molecular complexity index is 125. The van der Waals surface area contributed by atoms with Crippen LogP contribution in [0.15, 0.2) is 17.1 Å². The highest BCUT2D eigenvalue weighted by molar-refractivity contribution is 5.71. The molecule has 0 aliphatic heterocycles.